The summed E-state index contributed by atoms with van der Waals surface area (Å²) in [6.45, 7) is 9.22. The van der Waals surface area contributed by atoms with Gasteiger partial charge in [-0.25, -0.2) is 4.39 Å². The Morgan fingerprint density at radius 1 is 0.947 bits per heavy atom. The molecule has 2 heteroatoms. The smallest absolute Gasteiger partial charge is 0.123 e. The number of hydrogen-bond acceptors (Lipinski definition) is 1. The third-order valence-electron chi connectivity index (χ3n) is 4.09. The number of nitrogens with two attached hydrogens (primary N) is 1. The average molecular weight is 263 g/mol. The van der Waals surface area contributed by atoms with Crippen LogP contribution in [0.1, 0.15) is 52.5 Å². The van der Waals surface area contributed by atoms with E-state index in [0.717, 1.165) is 24.8 Å². The summed E-state index contributed by atoms with van der Waals surface area (Å²) in [7, 11) is 0. The lowest BCUT2D eigenvalue weighted by Gasteiger charge is -2.50. The van der Waals surface area contributed by atoms with Gasteiger partial charge in [-0.15, -0.1) is 0 Å². The van der Waals surface area contributed by atoms with Crippen molar-refractivity contribution in [3.63, 3.8) is 0 Å². The van der Waals surface area contributed by atoms with Crippen LogP contribution in [0.4, 0.5) is 4.39 Å². The van der Waals surface area contributed by atoms with E-state index in [1.807, 2.05) is 12.1 Å². The van der Waals surface area contributed by atoms with Crippen molar-refractivity contribution in [2.75, 3.05) is 0 Å². The Morgan fingerprint density at radius 2 is 1.42 bits per heavy atom. The highest BCUT2D eigenvalue weighted by atomic mass is 19.1. The molecule has 1 aliphatic rings. The summed E-state index contributed by atoms with van der Waals surface area (Å²) >= 11 is 0. The van der Waals surface area contributed by atoms with E-state index in [-0.39, 0.29) is 22.2 Å². The van der Waals surface area contributed by atoms with Gasteiger partial charge in [0.15, 0.2) is 0 Å². The minimum Gasteiger partial charge on any atom is -0.325 e. The molecule has 0 unspecified atom stereocenters. The zero-order chi connectivity index (χ0) is 14.3. The van der Waals surface area contributed by atoms with E-state index in [0.29, 0.717) is 0 Å². The second-order valence-electron chi connectivity index (χ2n) is 8.02. The van der Waals surface area contributed by atoms with E-state index in [4.69, 9.17) is 5.73 Å². The number of halogens is 1. The Hall–Kier alpha value is -0.890. The highest BCUT2D eigenvalue weighted by Gasteiger charge is 2.45. The third-order valence-corrected chi connectivity index (χ3v) is 4.09. The van der Waals surface area contributed by atoms with Crippen LogP contribution in [-0.2, 0) is 6.42 Å². The first-order chi connectivity index (χ1) is 8.59. The van der Waals surface area contributed by atoms with Gasteiger partial charge in [0.25, 0.3) is 0 Å². The summed E-state index contributed by atoms with van der Waals surface area (Å²) < 4.78 is 13.0. The second-order valence-corrected chi connectivity index (χ2v) is 8.02. The summed E-state index contributed by atoms with van der Waals surface area (Å²) in [5, 5.41) is 0. The van der Waals surface area contributed by atoms with Crippen LogP contribution < -0.4 is 5.73 Å². The normalized spacial score (nSPS) is 24.1. The molecule has 0 aliphatic heterocycles. The van der Waals surface area contributed by atoms with Gasteiger partial charge in [0.05, 0.1) is 0 Å². The summed E-state index contributed by atoms with van der Waals surface area (Å²) in [6, 6.07) is 6.77. The zero-order valence-electron chi connectivity index (χ0n) is 12.6. The van der Waals surface area contributed by atoms with Gasteiger partial charge in [-0.2, -0.15) is 0 Å². The molecule has 0 radical (unpaired) electrons. The quantitative estimate of drug-likeness (QED) is 0.845. The predicted octanol–water partition coefficient (Wildman–Crippen LogP) is 4.30. The molecule has 1 saturated carbocycles. The third kappa shape index (κ3) is 3.79. The van der Waals surface area contributed by atoms with Crippen LogP contribution in [-0.4, -0.2) is 5.54 Å². The molecular formula is C17H26FN. The van der Waals surface area contributed by atoms with Gasteiger partial charge in [0.1, 0.15) is 5.82 Å². The number of hydrogen-bond donors (Lipinski definition) is 1. The van der Waals surface area contributed by atoms with Gasteiger partial charge in [0, 0.05) is 5.54 Å². The van der Waals surface area contributed by atoms with Crippen LogP contribution in [0, 0.1) is 16.6 Å². The second kappa shape index (κ2) is 4.59. The average Bonchev–Trinajstić information content (AvgIpc) is 2.15. The van der Waals surface area contributed by atoms with Gasteiger partial charge in [-0.3, -0.25) is 0 Å². The molecule has 1 aromatic carbocycles. The van der Waals surface area contributed by atoms with E-state index in [2.05, 4.69) is 27.7 Å². The Balaban J connectivity index is 2.19. The van der Waals surface area contributed by atoms with Crippen molar-refractivity contribution in [1.29, 1.82) is 0 Å². The number of rotatable bonds is 2. The first kappa shape index (κ1) is 14.5. The molecule has 2 N–H and O–H groups in total. The summed E-state index contributed by atoms with van der Waals surface area (Å²) in [5.41, 5.74) is 8.19. The monoisotopic (exact) mass is 263 g/mol. The first-order valence-electron chi connectivity index (χ1n) is 7.13. The molecule has 0 heterocycles. The van der Waals surface area contributed by atoms with E-state index >= 15 is 0 Å². The minimum atomic E-state index is -0.181. The van der Waals surface area contributed by atoms with Gasteiger partial charge in [-0.1, -0.05) is 39.8 Å². The van der Waals surface area contributed by atoms with E-state index in [1.54, 1.807) is 0 Å². The van der Waals surface area contributed by atoms with Crippen molar-refractivity contribution in [3.05, 3.63) is 35.6 Å². The largest absolute Gasteiger partial charge is 0.325 e. The summed E-state index contributed by atoms with van der Waals surface area (Å²) in [6.07, 6.45) is 4.10. The molecule has 0 aromatic heterocycles. The fraction of sp³-hybridized carbons (Fsp3) is 0.647. The molecular weight excluding hydrogens is 237 g/mol. The van der Waals surface area contributed by atoms with Crippen LogP contribution in [0.25, 0.3) is 0 Å². The van der Waals surface area contributed by atoms with E-state index in [1.165, 1.54) is 18.6 Å². The SMILES string of the molecule is CC1(C)CC(C)(C)CC(N)(Cc2ccc(F)cc2)C1. The maximum absolute atomic E-state index is 13.0. The van der Waals surface area contributed by atoms with Crippen molar-refractivity contribution >= 4 is 0 Å². The Morgan fingerprint density at radius 3 is 1.89 bits per heavy atom. The van der Waals surface area contributed by atoms with Gasteiger partial charge < -0.3 is 5.73 Å². The van der Waals surface area contributed by atoms with Gasteiger partial charge in [-0.05, 0) is 54.2 Å². The van der Waals surface area contributed by atoms with Gasteiger partial charge >= 0.3 is 0 Å². The lowest BCUT2D eigenvalue weighted by atomic mass is 9.57. The van der Waals surface area contributed by atoms with Crippen molar-refractivity contribution < 1.29 is 4.39 Å². The minimum absolute atomic E-state index is 0.178. The van der Waals surface area contributed by atoms with E-state index in [9.17, 15) is 4.39 Å². The molecule has 1 aliphatic carbocycles. The highest BCUT2D eigenvalue weighted by Crippen LogP contribution is 2.50. The van der Waals surface area contributed by atoms with Crippen molar-refractivity contribution in [1.82, 2.24) is 0 Å². The van der Waals surface area contributed by atoms with Crippen molar-refractivity contribution in [3.8, 4) is 0 Å². The molecule has 1 aromatic rings. The fourth-order valence-corrected chi connectivity index (χ4v) is 4.52. The lowest BCUT2D eigenvalue weighted by Crippen LogP contribution is -2.53. The maximum atomic E-state index is 13.0. The highest BCUT2D eigenvalue weighted by molar-refractivity contribution is 5.20. The molecule has 1 fully saturated rings. The van der Waals surface area contributed by atoms with Crippen LogP contribution in [0.15, 0.2) is 24.3 Å². The molecule has 0 spiro atoms. The Bertz CT molecular complexity index is 429. The van der Waals surface area contributed by atoms with Crippen molar-refractivity contribution in [2.45, 2.75) is 58.9 Å². The summed E-state index contributed by atoms with van der Waals surface area (Å²) in [4.78, 5) is 0. The molecule has 2 rings (SSSR count). The molecule has 0 atom stereocenters. The maximum Gasteiger partial charge on any atom is 0.123 e. The van der Waals surface area contributed by atoms with Crippen LogP contribution in [0.5, 0.6) is 0 Å². The molecule has 0 bridgehead atoms. The predicted molar refractivity (Wildman–Crippen MR) is 78.4 cm³/mol. The number of benzene rings is 1. The topological polar surface area (TPSA) is 26.0 Å². The van der Waals surface area contributed by atoms with Crippen LogP contribution >= 0.6 is 0 Å². The summed E-state index contributed by atoms with van der Waals surface area (Å²) in [5.74, 6) is -0.181. The Labute approximate surface area is 116 Å². The van der Waals surface area contributed by atoms with Crippen LogP contribution in [0.3, 0.4) is 0 Å². The van der Waals surface area contributed by atoms with E-state index < -0.39 is 0 Å². The zero-order valence-corrected chi connectivity index (χ0v) is 12.6. The molecule has 0 saturated heterocycles. The van der Waals surface area contributed by atoms with Crippen molar-refractivity contribution in [2.24, 2.45) is 16.6 Å². The molecule has 1 nitrogen and oxygen atoms in total. The standard InChI is InChI=1S/C17H26FN/c1-15(2)10-16(3,4)12-17(19,11-15)9-13-5-7-14(18)8-6-13/h5-8H,9-12,19H2,1-4H3. The van der Waals surface area contributed by atoms with Gasteiger partial charge in [0.2, 0.25) is 0 Å². The lowest BCUT2D eigenvalue weighted by molar-refractivity contribution is 0.0487. The van der Waals surface area contributed by atoms with Crippen LogP contribution in [0.2, 0.25) is 0 Å². The first-order valence-corrected chi connectivity index (χ1v) is 7.13. The Kier molecular flexibility index (Phi) is 3.51. The molecule has 106 valence electrons. The molecule has 0 amide bonds. The molecule has 19 heavy (non-hydrogen) atoms. The fourth-order valence-electron chi connectivity index (χ4n) is 4.52.